The Kier molecular flexibility index (Phi) is 4.93. The van der Waals surface area contributed by atoms with Crippen molar-refractivity contribution in [1.82, 2.24) is 15.2 Å². The molecule has 0 radical (unpaired) electrons. The molecule has 0 aliphatic carbocycles. The fraction of sp³-hybridized carbons (Fsp3) is 0.389. The van der Waals surface area contributed by atoms with E-state index in [1.54, 1.807) is 24.3 Å². The van der Waals surface area contributed by atoms with Gasteiger partial charge < -0.3 is 14.6 Å². The number of nitrogens with one attached hydrogen (secondary N) is 1. The van der Waals surface area contributed by atoms with Crippen molar-refractivity contribution in [2.75, 3.05) is 13.1 Å². The predicted octanol–water partition coefficient (Wildman–Crippen LogP) is 2.22. The summed E-state index contributed by atoms with van der Waals surface area (Å²) in [6, 6.07) is 7.47. The summed E-state index contributed by atoms with van der Waals surface area (Å²) < 4.78 is 5.34. The minimum atomic E-state index is -0.0213. The Hall–Kier alpha value is -2.63. The van der Waals surface area contributed by atoms with Gasteiger partial charge in [0.05, 0.1) is 6.26 Å². The summed E-state index contributed by atoms with van der Waals surface area (Å²) in [7, 11) is 0. The van der Waals surface area contributed by atoms with E-state index in [-0.39, 0.29) is 17.7 Å². The van der Waals surface area contributed by atoms with Crippen LogP contribution in [-0.2, 0) is 16.1 Å². The van der Waals surface area contributed by atoms with Crippen LogP contribution >= 0.6 is 0 Å². The summed E-state index contributed by atoms with van der Waals surface area (Å²) in [5, 5.41) is 2.98. The van der Waals surface area contributed by atoms with E-state index in [4.69, 9.17) is 4.42 Å². The summed E-state index contributed by atoms with van der Waals surface area (Å²) >= 11 is 0. The molecule has 2 aromatic rings. The molecule has 0 atom stereocenters. The lowest BCUT2D eigenvalue weighted by atomic mass is 9.96. The first-order valence-electron chi connectivity index (χ1n) is 8.15. The first-order valence-corrected chi connectivity index (χ1v) is 8.15. The van der Waals surface area contributed by atoms with Gasteiger partial charge in [0.15, 0.2) is 5.76 Å². The number of carbonyl (C=O) groups excluding carboxylic acids is 2. The van der Waals surface area contributed by atoms with Crippen molar-refractivity contribution in [1.29, 1.82) is 0 Å². The molecule has 1 saturated heterocycles. The lowest BCUT2D eigenvalue weighted by molar-refractivity contribution is -0.134. The number of carbonyl (C=O) groups is 2. The summed E-state index contributed by atoms with van der Waals surface area (Å²) in [5.41, 5.74) is 1.73. The summed E-state index contributed by atoms with van der Waals surface area (Å²) in [4.78, 5) is 29.7. The number of rotatable bonds is 4. The third-order valence-electron chi connectivity index (χ3n) is 4.38. The summed E-state index contributed by atoms with van der Waals surface area (Å²) in [6.45, 7) is 3.35. The number of furan rings is 1. The first-order chi connectivity index (χ1) is 11.6. The van der Waals surface area contributed by atoms with E-state index in [2.05, 4.69) is 10.3 Å². The number of hydrogen-bond donors (Lipinski definition) is 1. The predicted molar refractivity (Wildman–Crippen MR) is 88.8 cm³/mol. The molecule has 1 fully saturated rings. The fourth-order valence-electron chi connectivity index (χ4n) is 2.93. The molecule has 24 heavy (non-hydrogen) atoms. The smallest absolute Gasteiger partial charge is 0.223 e. The number of piperidine rings is 1. The Labute approximate surface area is 140 Å². The van der Waals surface area contributed by atoms with E-state index in [1.807, 2.05) is 24.3 Å². The van der Waals surface area contributed by atoms with Crippen molar-refractivity contribution in [3.63, 3.8) is 0 Å². The van der Waals surface area contributed by atoms with Gasteiger partial charge in [0.1, 0.15) is 5.69 Å². The average molecular weight is 327 g/mol. The molecule has 2 aromatic heterocycles. The zero-order valence-corrected chi connectivity index (χ0v) is 13.7. The van der Waals surface area contributed by atoms with Crippen LogP contribution in [-0.4, -0.2) is 34.8 Å². The van der Waals surface area contributed by atoms with Crippen molar-refractivity contribution in [2.24, 2.45) is 5.92 Å². The minimum absolute atomic E-state index is 0.0213. The Morgan fingerprint density at radius 2 is 2.12 bits per heavy atom. The molecule has 0 unspecified atom stereocenters. The van der Waals surface area contributed by atoms with Gasteiger partial charge in [0.25, 0.3) is 0 Å². The van der Waals surface area contributed by atoms with E-state index in [0.29, 0.717) is 25.4 Å². The zero-order valence-electron chi connectivity index (χ0n) is 13.7. The Morgan fingerprint density at radius 1 is 1.33 bits per heavy atom. The quantitative estimate of drug-likeness (QED) is 0.934. The second-order valence-electron chi connectivity index (χ2n) is 6.02. The van der Waals surface area contributed by atoms with Gasteiger partial charge >= 0.3 is 0 Å². The highest BCUT2D eigenvalue weighted by molar-refractivity contribution is 5.79. The molecule has 2 amide bonds. The molecule has 0 spiro atoms. The number of likely N-dealkylation sites (tertiary alicyclic amines) is 1. The van der Waals surface area contributed by atoms with Crippen LogP contribution in [0.15, 0.2) is 41.1 Å². The van der Waals surface area contributed by atoms with Gasteiger partial charge in [-0.3, -0.25) is 14.6 Å². The van der Waals surface area contributed by atoms with Crippen LogP contribution in [0.25, 0.3) is 11.5 Å². The van der Waals surface area contributed by atoms with Crippen LogP contribution in [0.3, 0.4) is 0 Å². The highest BCUT2D eigenvalue weighted by atomic mass is 16.3. The highest BCUT2D eigenvalue weighted by Gasteiger charge is 2.25. The Morgan fingerprint density at radius 3 is 2.79 bits per heavy atom. The molecule has 0 aromatic carbocycles. The molecule has 3 heterocycles. The molecule has 126 valence electrons. The van der Waals surface area contributed by atoms with Crippen LogP contribution in [0.4, 0.5) is 0 Å². The van der Waals surface area contributed by atoms with Crippen LogP contribution in [0.1, 0.15) is 25.3 Å². The second-order valence-corrected chi connectivity index (χ2v) is 6.02. The number of pyridine rings is 1. The van der Waals surface area contributed by atoms with Gasteiger partial charge in [-0.15, -0.1) is 0 Å². The molecular formula is C18H21N3O3. The standard InChI is InChI=1S/C18H21N3O3/c1-13(22)21-8-5-15(6-9-21)18(23)20-12-14-4-7-19-16(11-14)17-3-2-10-24-17/h2-4,7,10-11,15H,5-6,8-9,12H2,1H3,(H,20,23). The molecule has 6 nitrogen and oxygen atoms in total. The van der Waals surface area contributed by atoms with E-state index >= 15 is 0 Å². The van der Waals surface area contributed by atoms with Gasteiger partial charge in [-0.2, -0.15) is 0 Å². The summed E-state index contributed by atoms with van der Waals surface area (Å²) in [6.07, 6.45) is 4.77. The van der Waals surface area contributed by atoms with E-state index < -0.39 is 0 Å². The number of aromatic nitrogens is 1. The Bertz CT molecular complexity index is 704. The van der Waals surface area contributed by atoms with Crippen molar-refractivity contribution < 1.29 is 14.0 Å². The SMILES string of the molecule is CC(=O)N1CCC(C(=O)NCc2ccnc(-c3ccco3)c2)CC1. The molecule has 6 heteroatoms. The minimum Gasteiger partial charge on any atom is -0.463 e. The topological polar surface area (TPSA) is 75.4 Å². The van der Waals surface area contributed by atoms with Crippen molar-refractivity contribution in [3.05, 3.63) is 42.3 Å². The van der Waals surface area contributed by atoms with E-state index in [0.717, 1.165) is 24.1 Å². The lowest BCUT2D eigenvalue weighted by Gasteiger charge is -2.30. The van der Waals surface area contributed by atoms with Gasteiger partial charge in [-0.05, 0) is 42.7 Å². The highest BCUT2D eigenvalue weighted by Crippen LogP contribution is 2.19. The maximum Gasteiger partial charge on any atom is 0.223 e. The molecular weight excluding hydrogens is 306 g/mol. The van der Waals surface area contributed by atoms with Gasteiger partial charge in [-0.25, -0.2) is 0 Å². The molecule has 1 aliphatic rings. The van der Waals surface area contributed by atoms with Gasteiger partial charge in [-0.1, -0.05) is 0 Å². The van der Waals surface area contributed by atoms with Crippen molar-refractivity contribution in [3.8, 4) is 11.5 Å². The van der Waals surface area contributed by atoms with E-state index in [9.17, 15) is 9.59 Å². The fourth-order valence-corrected chi connectivity index (χ4v) is 2.93. The molecule has 0 bridgehead atoms. The maximum atomic E-state index is 12.3. The van der Waals surface area contributed by atoms with Crippen LogP contribution in [0.2, 0.25) is 0 Å². The van der Waals surface area contributed by atoms with Gasteiger partial charge in [0.2, 0.25) is 11.8 Å². The van der Waals surface area contributed by atoms with Crippen LogP contribution in [0.5, 0.6) is 0 Å². The largest absolute Gasteiger partial charge is 0.463 e. The van der Waals surface area contributed by atoms with E-state index in [1.165, 1.54) is 0 Å². The van der Waals surface area contributed by atoms with Crippen LogP contribution < -0.4 is 5.32 Å². The third kappa shape index (κ3) is 3.82. The number of nitrogens with zero attached hydrogens (tertiary/aromatic N) is 2. The molecule has 3 rings (SSSR count). The number of hydrogen-bond acceptors (Lipinski definition) is 4. The van der Waals surface area contributed by atoms with Gasteiger partial charge in [0, 0.05) is 38.7 Å². The van der Waals surface area contributed by atoms with Crippen LogP contribution in [0, 0.1) is 5.92 Å². The second kappa shape index (κ2) is 7.29. The third-order valence-corrected chi connectivity index (χ3v) is 4.38. The number of amides is 2. The van der Waals surface area contributed by atoms with Crippen molar-refractivity contribution >= 4 is 11.8 Å². The molecule has 1 aliphatic heterocycles. The molecule has 1 N–H and O–H groups in total. The average Bonchev–Trinajstić information content (AvgIpc) is 3.15. The zero-order chi connectivity index (χ0) is 16.9. The maximum absolute atomic E-state index is 12.3. The monoisotopic (exact) mass is 327 g/mol. The normalized spacial score (nSPS) is 15.3. The molecule has 0 saturated carbocycles. The van der Waals surface area contributed by atoms with Crippen molar-refractivity contribution in [2.45, 2.75) is 26.3 Å². The first kappa shape index (κ1) is 16.2. The lowest BCUT2D eigenvalue weighted by Crippen LogP contribution is -2.42. The Balaban J connectivity index is 1.53. The summed E-state index contributed by atoms with van der Waals surface area (Å²) in [5.74, 6) is 0.817.